The van der Waals surface area contributed by atoms with E-state index in [-0.39, 0.29) is 0 Å². The van der Waals surface area contributed by atoms with Gasteiger partial charge in [-0.1, -0.05) is 25.5 Å². The number of thiazole rings is 1. The molecule has 3 aromatic rings. The molecule has 2 heterocycles. The summed E-state index contributed by atoms with van der Waals surface area (Å²) in [5.41, 5.74) is 4.90. The van der Waals surface area contributed by atoms with E-state index in [0.29, 0.717) is 0 Å². The number of hydrogen-bond acceptors (Lipinski definition) is 3. The number of rotatable bonds is 5. The number of aromatic nitrogens is 2. The molecule has 0 atom stereocenters. The zero-order chi connectivity index (χ0) is 13.9. The van der Waals surface area contributed by atoms with Crippen molar-refractivity contribution in [3.05, 3.63) is 52.8 Å². The van der Waals surface area contributed by atoms with E-state index < -0.39 is 0 Å². The third-order valence-corrected chi connectivity index (χ3v) is 4.27. The van der Waals surface area contributed by atoms with E-state index in [4.69, 9.17) is 0 Å². The van der Waals surface area contributed by atoms with Crippen molar-refractivity contribution in [3.8, 4) is 0 Å². The first kappa shape index (κ1) is 13.2. The van der Waals surface area contributed by atoms with Crippen molar-refractivity contribution in [3.63, 3.8) is 0 Å². The van der Waals surface area contributed by atoms with E-state index in [9.17, 15) is 0 Å². The molecule has 1 N–H and O–H groups in total. The molecule has 0 bridgehead atoms. The van der Waals surface area contributed by atoms with E-state index >= 15 is 0 Å². The van der Waals surface area contributed by atoms with Gasteiger partial charge in [-0.25, -0.2) is 4.98 Å². The van der Waals surface area contributed by atoms with Gasteiger partial charge in [0, 0.05) is 17.3 Å². The number of imidazole rings is 1. The molecular weight excluding hydrogens is 266 g/mol. The molecule has 0 unspecified atom stereocenters. The van der Waals surface area contributed by atoms with Crippen molar-refractivity contribution in [2.75, 3.05) is 5.32 Å². The van der Waals surface area contributed by atoms with Gasteiger partial charge in [0.1, 0.15) is 0 Å². The first-order chi connectivity index (χ1) is 9.78. The number of nitrogens with zero attached hydrogens (tertiary/aromatic N) is 2. The molecule has 0 fully saturated rings. The average molecular weight is 285 g/mol. The summed E-state index contributed by atoms with van der Waals surface area (Å²) in [5.74, 6) is 0. The molecule has 1 aromatic carbocycles. The van der Waals surface area contributed by atoms with Crippen molar-refractivity contribution >= 4 is 22.0 Å². The summed E-state index contributed by atoms with van der Waals surface area (Å²) >= 11 is 1.68. The second-order valence-electron chi connectivity index (χ2n) is 5.00. The number of nitrogens with one attached hydrogen (secondary N) is 1. The number of fused-ring (bicyclic) bond motifs is 1. The minimum atomic E-state index is 0.802. The van der Waals surface area contributed by atoms with E-state index in [1.807, 2.05) is 0 Å². The van der Waals surface area contributed by atoms with Crippen LogP contribution in [0.2, 0.25) is 0 Å². The summed E-state index contributed by atoms with van der Waals surface area (Å²) in [6, 6.07) is 8.73. The molecule has 20 heavy (non-hydrogen) atoms. The van der Waals surface area contributed by atoms with Gasteiger partial charge in [-0.2, -0.15) is 0 Å². The Morgan fingerprint density at radius 2 is 2.05 bits per heavy atom. The van der Waals surface area contributed by atoms with Crippen LogP contribution in [0, 0.1) is 6.92 Å². The van der Waals surface area contributed by atoms with Crippen LogP contribution in [-0.4, -0.2) is 9.38 Å². The normalized spacial score (nSPS) is 11.1. The lowest BCUT2D eigenvalue weighted by Gasteiger charge is -2.07. The minimum absolute atomic E-state index is 0.802. The standard InChI is InChI=1S/C16H19N3S/c1-3-4-13-5-7-14(8-6-13)17-11-15-12(2)18-16-19(15)9-10-20-16/h5-10,17H,3-4,11H2,1-2H3. The number of aryl methyl sites for hydroxylation is 2. The maximum absolute atomic E-state index is 4.57. The van der Waals surface area contributed by atoms with Crippen LogP contribution in [0.25, 0.3) is 4.96 Å². The summed E-state index contributed by atoms with van der Waals surface area (Å²) in [6.45, 7) is 5.08. The molecule has 0 saturated heterocycles. The quantitative estimate of drug-likeness (QED) is 0.758. The lowest BCUT2D eigenvalue weighted by Crippen LogP contribution is -2.03. The summed E-state index contributed by atoms with van der Waals surface area (Å²) < 4.78 is 2.17. The number of benzene rings is 1. The highest BCUT2D eigenvalue weighted by molar-refractivity contribution is 7.15. The molecular formula is C16H19N3S. The van der Waals surface area contributed by atoms with Crippen molar-refractivity contribution < 1.29 is 0 Å². The Hall–Kier alpha value is -1.81. The van der Waals surface area contributed by atoms with Crippen molar-refractivity contribution in [2.45, 2.75) is 33.2 Å². The van der Waals surface area contributed by atoms with Crippen LogP contribution < -0.4 is 5.32 Å². The zero-order valence-corrected chi connectivity index (χ0v) is 12.7. The number of anilines is 1. The SMILES string of the molecule is CCCc1ccc(NCc2c(C)nc3sccn23)cc1. The second-order valence-corrected chi connectivity index (χ2v) is 5.87. The fraction of sp³-hybridized carbons (Fsp3) is 0.312. The molecule has 0 saturated carbocycles. The predicted molar refractivity (Wildman–Crippen MR) is 85.6 cm³/mol. The van der Waals surface area contributed by atoms with E-state index in [2.05, 4.69) is 64.4 Å². The minimum Gasteiger partial charge on any atom is -0.379 e. The fourth-order valence-corrected chi connectivity index (χ4v) is 3.20. The number of hydrogen-bond donors (Lipinski definition) is 1. The third kappa shape index (κ3) is 2.56. The van der Waals surface area contributed by atoms with Crippen LogP contribution in [0.5, 0.6) is 0 Å². The molecule has 0 aliphatic rings. The van der Waals surface area contributed by atoms with E-state index in [0.717, 1.165) is 29.3 Å². The summed E-state index contributed by atoms with van der Waals surface area (Å²) in [6.07, 6.45) is 4.43. The van der Waals surface area contributed by atoms with Crippen molar-refractivity contribution in [2.24, 2.45) is 0 Å². The maximum Gasteiger partial charge on any atom is 0.194 e. The molecule has 0 amide bonds. The van der Waals surface area contributed by atoms with Gasteiger partial charge in [-0.15, -0.1) is 11.3 Å². The Morgan fingerprint density at radius 3 is 2.80 bits per heavy atom. The molecule has 4 heteroatoms. The van der Waals surface area contributed by atoms with Crippen molar-refractivity contribution in [1.82, 2.24) is 9.38 Å². The highest BCUT2D eigenvalue weighted by Crippen LogP contribution is 2.18. The largest absolute Gasteiger partial charge is 0.379 e. The summed E-state index contributed by atoms with van der Waals surface area (Å²) in [7, 11) is 0. The Labute approximate surface area is 123 Å². The maximum atomic E-state index is 4.57. The molecule has 3 nitrogen and oxygen atoms in total. The smallest absolute Gasteiger partial charge is 0.194 e. The van der Waals surface area contributed by atoms with Gasteiger partial charge >= 0.3 is 0 Å². The molecule has 3 rings (SSSR count). The Balaban J connectivity index is 1.72. The molecule has 2 aromatic heterocycles. The molecule has 0 aliphatic carbocycles. The highest BCUT2D eigenvalue weighted by atomic mass is 32.1. The lowest BCUT2D eigenvalue weighted by molar-refractivity contribution is 0.921. The van der Waals surface area contributed by atoms with Crippen LogP contribution in [0.15, 0.2) is 35.8 Å². The monoisotopic (exact) mass is 285 g/mol. The summed E-state index contributed by atoms with van der Waals surface area (Å²) in [5, 5.41) is 5.56. The van der Waals surface area contributed by atoms with Gasteiger partial charge in [-0.3, -0.25) is 4.40 Å². The Bertz CT molecular complexity index is 694. The first-order valence-corrected chi connectivity index (χ1v) is 7.89. The Morgan fingerprint density at radius 1 is 1.25 bits per heavy atom. The zero-order valence-electron chi connectivity index (χ0n) is 11.9. The molecule has 0 spiro atoms. The molecule has 0 radical (unpaired) electrons. The van der Waals surface area contributed by atoms with Gasteiger partial charge in [0.25, 0.3) is 0 Å². The van der Waals surface area contributed by atoms with Gasteiger partial charge in [0.15, 0.2) is 4.96 Å². The van der Waals surface area contributed by atoms with Gasteiger partial charge in [0.2, 0.25) is 0 Å². The van der Waals surface area contributed by atoms with E-state index in [1.165, 1.54) is 17.7 Å². The molecule has 0 aliphatic heterocycles. The third-order valence-electron chi connectivity index (χ3n) is 3.51. The van der Waals surface area contributed by atoms with E-state index in [1.54, 1.807) is 11.3 Å². The van der Waals surface area contributed by atoms with Gasteiger partial charge < -0.3 is 5.32 Å². The average Bonchev–Trinajstić information content (AvgIpc) is 2.99. The van der Waals surface area contributed by atoms with Gasteiger partial charge in [-0.05, 0) is 31.0 Å². The Kier molecular flexibility index (Phi) is 3.74. The van der Waals surface area contributed by atoms with Crippen LogP contribution in [0.3, 0.4) is 0 Å². The molecule has 104 valence electrons. The topological polar surface area (TPSA) is 29.3 Å². The fourth-order valence-electron chi connectivity index (χ4n) is 2.42. The van der Waals surface area contributed by atoms with Crippen LogP contribution >= 0.6 is 11.3 Å². The first-order valence-electron chi connectivity index (χ1n) is 7.01. The lowest BCUT2D eigenvalue weighted by atomic mass is 10.1. The van der Waals surface area contributed by atoms with Crippen LogP contribution in [0.1, 0.15) is 30.3 Å². The van der Waals surface area contributed by atoms with Crippen LogP contribution in [-0.2, 0) is 13.0 Å². The van der Waals surface area contributed by atoms with Crippen LogP contribution in [0.4, 0.5) is 5.69 Å². The van der Waals surface area contributed by atoms with Crippen molar-refractivity contribution in [1.29, 1.82) is 0 Å². The highest BCUT2D eigenvalue weighted by Gasteiger charge is 2.08. The second kappa shape index (κ2) is 5.67. The summed E-state index contributed by atoms with van der Waals surface area (Å²) in [4.78, 5) is 5.63. The van der Waals surface area contributed by atoms with Gasteiger partial charge in [0.05, 0.1) is 17.9 Å². The predicted octanol–water partition coefficient (Wildman–Crippen LogP) is 4.27.